The second kappa shape index (κ2) is 4.73. The van der Waals surface area contributed by atoms with E-state index in [9.17, 15) is 4.39 Å². The summed E-state index contributed by atoms with van der Waals surface area (Å²) in [6.07, 6.45) is 4.65. The average molecular weight is 222 g/mol. The minimum absolute atomic E-state index is 0.194. The van der Waals surface area contributed by atoms with Gasteiger partial charge >= 0.3 is 0 Å². The van der Waals surface area contributed by atoms with Gasteiger partial charge in [-0.2, -0.15) is 0 Å². The van der Waals surface area contributed by atoms with Gasteiger partial charge in [0.2, 0.25) is 0 Å². The molecule has 1 aromatic carbocycles. The van der Waals surface area contributed by atoms with Crippen LogP contribution >= 0.6 is 0 Å². The summed E-state index contributed by atoms with van der Waals surface area (Å²) in [4.78, 5) is 2.19. The molecule has 0 aromatic heterocycles. The Bertz CT molecular complexity index is 365. The lowest BCUT2D eigenvalue weighted by atomic mass is 9.99. The van der Waals surface area contributed by atoms with Crippen molar-refractivity contribution in [3.05, 3.63) is 24.0 Å². The van der Waals surface area contributed by atoms with E-state index in [4.69, 9.17) is 5.73 Å². The van der Waals surface area contributed by atoms with E-state index >= 15 is 0 Å². The molecule has 0 unspecified atom stereocenters. The molecule has 1 aliphatic rings. The molecule has 2 N–H and O–H groups in total. The predicted molar refractivity (Wildman–Crippen MR) is 66.1 cm³/mol. The van der Waals surface area contributed by atoms with Crippen LogP contribution in [-0.4, -0.2) is 12.6 Å². The minimum atomic E-state index is -0.194. The molecule has 1 saturated heterocycles. The quantitative estimate of drug-likeness (QED) is 0.779. The van der Waals surface area contributed by atoms with Crippen LogP contribution in [0.1, 0.15) is 32.6 Å². The Hall–Kier alpha value is -1.25. The minimum Gasteiger partial charge on any atom is -0.399 e. The summed E-state index contributed by atoms with van der Waals surface area (Å²) in [6.45, 7) is 3.12. The summed E-state index contributed by atoms with van der Waals surface area (Å²) in [5, 5.41) is 0. The Morgan fingerprint density at radius 2 is 2.25 bits per heavy atom. The molecule has 0 saturated carbocycles. The SMILES string of the molecule is CC[C@H]1CCCCN1c1ccc(N)cc1F. The number of benzene rings is 1. The van der Waals surface area contributed by atoms with Crippen LogP contribution in [0.2, 0.25) is 0 Å². The van der Waals surface area contributed by atoms with Crippen LogP contribution < -0.4 is 10.6 Å². The zero-order valence-corrected chi connectivity index (χ0v) is 9.75. The maximum atomic E-state index is 13.8. The van der Waals surface area contributed by atoms with Crippen LogP contribution in [0.5, 0.6) is 0 Å². The van der Waals surface area contributed by atoms with Gasteiger partial charge < -0.3 is 10.6 Å². The molecular formula is C13H19FN2. The fraction of sp³-hybridized carbons (Fsp3) is 0.538. The molecule has 1 aliphatic heterocycles. The molecule has 0 bridgehead atoms. The molecule has 0 amide bonds. The molecular weight excluding hydrogens is 203 g/mol. The van der Waals surface area contributed by atoms with Crippen LogP contribution in [0.15, 0.2) is 18.2 Å². The molecule has 3 heteroatoms. The molecule has 1 aromatic rings. The molecule has 0 aliphatic carbocycles. The van der Waals surface area contributed by atoms with Crippen molar-refractivity contribution in [3.63, 3.8) is 0 Å². The van der Waals surface area contributed by atoms with Crippen molar-refractivity contribution in [2.24, 2.45) is 0 Å². The van der Waals surface area contributed by atoms with Gasteiger partial charge in [-0.1, -0.05) is 6.92 Å². The van der Waals surface area contributed by atoms with Crippen molar-refractivity contribution >= 4 is 11.4 Å². The third kappa shape index (κ3) is 2.13. The molecule has 1 fully saturated rings. The highest BCUT2D eigenvalue weighted by atomic mass is 19.1. The second-order valence-electron chi connectivity index (χ2n) is 4.46. The molecule has 0 radical (unpaired) electrons. The number of nitrogen functional groups attached to an aromatic ring is 1. The van der Waals surface area contributed by atoms with Crippen molar-refractivity contribution < 1.29 is 4.39 Å². The largest absolute Gasteiger partial charge is 0.399 e. The van der Waals surface area contributed by atoms with Crippen LogP contribution in [0, 0.1) is 5.82 Å². The summed E-state index contributed by atoms with van der Waals surface area (Å²) in [5.41, 5.74) is 6.77. The highest BCUT2D eigenvalue weighted by Gasteiger charge is 2.23. The van der Waals surface area contributed by atoms with Crippen LogP contribution in [0.3, 0.4) is 0 Å². The third-order valence-corrected chi connectivity index (χ3v) is 3.38. The number of nitrogens with zero attached hydrogens (tertiary/aromatic N) is 1. The molecule has 1 atom stereocenters. The van der Waals surface area contributed by atoms with E-state index in [1.54, 1.807) is 12.1 Å². The second-order valence-corrected chi connectivity index (χ2v) is 4.46. The summed E-state index contributed by atoms with van der Waals surface area (Å²) < 4.78 is 13.8. The smallest absolute Gasteiger partial charge is 0.148 e. The highest BCUT2D eigenvalue weighted by molar-refractivity contribution is 5.55. The van der Waals surface area contributed by atoms with Crippen molar-refractivity contribution in [2.45, 2.75) is 38.6 Å². The van der Waals surface area contributed by atoms with Crippen LogP contribution in [0.4, 0.5) is 15.8 Å². The molecule has 2 rings (SSSR count). The fourth-order valence-corrected chi connectivity index (χ4v) is 2.50. The maximum absolute atomic E-state index is 13.8. The molecule has 2 nitrogen and oxygen atoms in total. The Labute approximate surface area is 96.2 Å². The fourth-order valence-electron chi connectivity index (χ4n) is 2.50. The predicted octanol–water partition coefficient (Wildman–Crippen LogP) is 3.18. The van der Waals surface area contributed by atoms with E-state index in [1.807, 2.05) is 0 Å². The van der Waals surface area contributed by atoms with Gasteiger partial charge in [-0.3, -0.25) is 0 Å². The van der Waals surface area contributed by atoms with Gasteiger partial charge in [0.15, 0.2) is 0 Å². The first-order valence-electron chi connectivity index (χ1n) is 6.04. The van der Waals surface area contributed by atoms with E-state index in [0.717, 1.165) is 19.4 Å². The number of hydrogen-bond acceptors (Lipinski definition) is 2. The Kier molecular flexibility index (Phi) is 3.32. The number of halogens is 1. The van der Waals surface area contributed by atoms with Crippen molar-refractivity contribution in [3.8, 4) is 0 Å². The van der Waals surface area contributed by atoms with E-state index in [0.29, 0.717) is 17.4 Å². The number of nitrogens with two attached hydrogens (primary N) is 1. The van der Waals surface area contributed by atoms with Crippen molar-refractivity contribution in [1.29, 1.82) is 0 Å². The van der Waals surface area contributed by atoms with E-state index in [2.05, 4.69) is 11.8 Å². The first-order chi connectivity index (χ1) is 7.72. The van der Waals surface area contributed by atoms with Gasteiger partial charge in [0.25, 0.3) is 0 Å². The van der Waals surface area contributed by atoms with Crippen molar-refractivity contribution in [1.82, 2.24) is 0 Å². The summed E-state index contributed by atoms with van der Waals surface area (Å²) in [6, 6.07) is 5.47. The summed E-state index contributed by atoms with van der Waals surface area (Å²) in [5.74, 6) is -0.194. The number of piperidine rings is 1. The Morgan fingerprint density at radius 1 is 1.44 bits per heavy atom. The number of rotatable bonds is 2. The number of anilines is 2. The lowest BCUT2D eigenvalue weighted by Gasteiger charge is -2.37. The highest BCUT2D eigenvalue weighted by Crippen LogP contribution is 2.29. The first-order valence-corrected chi connectivity index (χ1v) is 6.04. The first kappa shape index (κ1) is 11.2. The average Bonchev–Trinajstić information content (AvgIpc) is 2.29. The summed E-state index contributed by atoms with van der Waals surface area (Å²) >= 11 is 0. The standard InChI is InChI=1S/C13H19FN2/c1-2-11-5-3-4-8-16(11)13-7-6-10(15)9-12(13)14/h6-7,9,11H,2-5,8,15H2,1H3/t11-/m0/s1. The van der Waals surface area contributed by atoms with Gasteiger partial charge in [-0.15, -0.1) is 0 Å². The lowest BCUT2D eigenvalue weighted by molar-refractivity contribution is 0.443. The van der Waals surface area contributed by atoms with E-state index < -0.39 is 0 Å². The maximum Gasteiger partial charge on any atom is 0.148 e. The van der Waals surface area contributed by atoms with Crippen LogP contribution in [0.25, 0.3) is 0 Å². The van der Waals surface area contributed by atoms with Crippen molar-refractivity contribution in [2.75, 3.05) is 17.2 Å². The third-order valence-electron chi connectivity index (χ3n) is 3.38. The van der Waals surface area contributed by atoms with Gasteiger partial charge in [-0.05, 0) is 43.9 Å². The van der Waals surface area contributed by atoms with Gasteiger partial charge in [0.1, 0.15) is 5.82 Å². The van der Waals surface area contributed by atoms with E-state index in [-0.39, 0.29) is 5.82 Å². The molecule has 16 heavy (non-hydrogen) atoms. The molecule has 1 heterocycles. The Balaban J connectivity index is 2.27. The zero-order chi connectivity index (χ0) is 11.5. The zero-order valence-electron chi connectivity index (χ0n) is 9.75. The van der Waals surface area contributed by atoms with Gasteiger partial charge in [-0.25, -0.2) is 4.39 Å². The lowest BCUT2D eigenvalue weighted by Crippen LogP contribution is -2.39. The molecule has 88 valence electrons. The van der Waals surface area contributed by atoms with Gasteiger partial charge in [0.05, 0.1) is 5.69 Å². The van der Waals surface area contributed by atoms with E-state index in [1.165, 1.54) is 18.9 Å². The van der Waals surface area contributed by atoms with Gasteiger partial charge in [0, 0.05) is 18.3 Å². The Morgan fingerprint density at radius 3 is 2.94 bits per heavy atom. The monoisotopic (exact) mass is 222 g/mol. The number of hydrogen-bond donors (Lipinski definition) is 1. The van der Waals surface area contributed by atoms with Crippen LogP contribution in [-0.2, 0) is 0 Å². The molecule has 0 spiro atoms. The normalized spacial score (nSPS) is 21.1. The topological polar surface area (TPSA) is 29.3 Å². The summed E-state index contributed by atoms with van der Waals surface area (Å²) in [7, 11) is 0.